The van der Waals surface area contributed by atoms with E-state index in [2.05, 4.69) is 21.2 Å². The normalized spacial score (nSPS) is 23.1. The molecule has 1 aromatic rings. The van der Waals surface area contributed by atoms with Crippen molar-refractivity contribution in [1.29, 1.82) is 0 Å². The lowest BCUT2D eigenvalue weighted by Gasteiger charge is -2.27. The van der Waals surface area contributed by atoms with Crippen molar-refractivity contribution in [3.63, 3.8) is 0 Å². The van der Waals surface area contributed by atoms with E-state index in [0.29, 0.717) is 27.9 Å². The van der Waals surface area contributed by atoms with Crippen molar-refractivity contribution in [2.75, 3.05) is 6.54 Å². The molecule has 0 aromatic heterocycles. The molecule has 19 heavy (non-hydrogen) atoms. The zero-order valence-electron chi connectivity index (χ0n) is 10.5. The second kappa shape index (κ2) is 6.62. The van der Waals surface area contributed by atoms with Crippen LogP contribution in [-0.2, 0) is 0 Å². The van der Waals surface area contributed by atoms with E-state index in [1.54, 1.807) is 0 Å². The second-order valence-corrected chi connectivity index (χ2v) is 6.52. The van der Waals surface area contributed by atoms with Gasteiger partial charge < -0.3 is 10.4 Å². The van der Waals surface area contributed by atoms with Crippen LogP contribution in [0.4, 0.5) is 0 Å². The summed E-state index contributed by atoms with van der Waals surface area (Å²) in [6.45, 7) is 0.640. The number of hydrogen-bond donors (Lipinski definition) is 2. The van der Waals surface area contributed by atoms with Gasteiger partial charge in [0.1, 0.15) is 5.75 Å². The van der Waals surface area contributed by atoms with Gasteiger partial charge in [0.15, 0.2) is 0 Å². The van der Waals surface area contributed by atoms with Crippen LogP contribution in [0.2, 0.25) is 5.02 Å². The number of amides is 1. The number of nitrogens with one attached hydrogen (secondary N) is 1. The van der Waals surface area contributed by atoms with Gasteiger partial charge in [-0.15, -0.1) is 0 Å². The number of phenolic OH excluding ortho intramolecular Hbond substituents is 1. The van der Waals surface area contributed by atoms with Gasteiger partial charge in [-0.2, -0.15) is 0 Å². The van der Waals surface area contributed by atoms with Gasteiger partial charge in [-0.1, -0.05) is 40.4 Å². The van der Waals surface area contributed by atoms with E-state index in [4.69, 9.17) is 11.6 Å². The Morgan fingerprint density at radius 3 is 2.89 bits per heavy atom. The molecule has 1 aliphatic carbocycles. The number of carbonyl (C=O) groups excluding carboxylic acids is 1. The first-order chi connectivity index (χ1) is 9.08. The Bertz CT molecular complexity index is 467. The number of carbonyl (C=O) groups is 1. The molecule has 0 radical (unpaired) electrons. The third-order valence-electron chi connectivity index (χ3n) is 3.54. The Hall–Kier alpha value is -0.740. The molecular formula is C14H17BrClNO2. The van der Waals surface area contributed by atoms with Crippen molar-refractivity contribution in [1.82, 2.24) is 5.32 Å². The first kappa shape index (κ1) is 14.7. The highest BCUT2D eigenvalue weighted by molar-refractivity contribution is 9.09. The second-order valence-electron chi connectivity index (χ2n) is 4.93. The smallest absolute Gasteiger partial charge is 0.252 e. The number of benzene rings is 1. The molecule has 2 N–H and O–H groups in total. The van der Waals surface area contributed by atoms with E-state index in [1.807, 2.05) is 0 Å². The summed E-state index contributed by atoms with van der Waals surface area (Å²) in [5.74, 6) is 0.283. The van der Waals surface area contributed by atoms with E-state index in [0.717, 1.165) is 12.8 Å². The molecule has 1 aromatic carbocycles. The topological polar surface area (TPSA) is 49.3 Å². The van der Waals surface area contributed by atoms with Gasteiger partial charge in [-0.25, -0.2) is 0 Å². The minimum absolute atomic E-state index is 0.0468. The molecule has 0 bridgehead atoms. The fourth-order valence-corrected chi connectivity index (χ4v) is 3.38. The Morgan fingerprint density at radius 1 is 1.42 bits per heavy atom. The molecular weight excluding hydrogens is 330 g/mol. The molecule has 0 saturated heterocycles. The van der Waals surface area contributed by atoms with Crippen molar-refractivity contribution in [3.8, 4) is 5.75 Å². The Kier molecular flexibility index (Phi) is 5.11. The van der Waals surface area contributed by atoms with Crippen molar-refractivity contribution in [3.05, 3.63) is 28.8 Å². The summed E-state index contributed by atoms with van der Waals surface area (Å²) >= 11 is 9.63. The zero-order valence-corrected chi connectivity index (χ0v) is 12.9. The first-order valence-corrected chi connectivity index (χ1v) is 7.78. The van der Waals surface area contributed by atoms with Crippen LogP contribution < -0.4 is 5.32 Å². The molecule has 2 atom stereocenters. The highest BCUT2D eigenvalue weighted by Gasteiger charge is 2.23. The van der Waals surface area contributed by atoms with Gasteiger partial charge >= 0.3 is 0 Å². The minimum atomic E-state index is -0.230. The fraction of sp³-hybridized carbons (Fsp3) is 0.500. The van der Waals surface area contributed by atoms with Gasteiger partial charge in [0.25, 0.3) is 5.91 Å². The summed E-state index contributed by atoms with van der Waals surface area (Å²) in [6.07, 6.45) is 4.76. The average molecular weight is 347 g/mol. The lowest BCUT2D eigenvalue weighted by Crippen LogP contribution is -2.34. The van der Waals surface area contributed by atoms with Crippen molar-refractivity contribution in [2.24, 2.45) is 5.92 Å². The number of hydrogen-bond acceptors (Lipinski definition) is 2. The van der Waals surface area contributed by atoms with Gasteiger partial charge in [0, 0.05) is 11.4 Å². The van der Waals surface area contributed by atoms with Crippen LogP contribution in [-0.4, -0.2) is 22.4 Å². The largest absolute Gasteiger partial charge is 0.508 e. The van der Waals surface area contributed by atoms with Gasteiger partial charge in [-0.3, -0.25) is 4.79 Å². The maximum atomic E-state index is 12.0. The Morgan fingerprint density at radius 2 is 2.16 bits per heavy atom. The molecule has 1 amide bonds. The zero-order chi connectivity index (χ0) is 13.8. The van der Waals surface area contributed by atoms with Gasteiger partial charge in [0.05, 0.1) is 10.6 Å². The number of rotatable bonds is 3. The molecule has 5 heteroatoms. The van der Waals surface area contributed by atoms with Crippen LogP contribution in [0.3, 0.4) is 0 Å². The summed E-state index contributed by atoms with van der Waals surface area (Å²) in [7, 11) is 0. The predicted octanol–water partition coefficient (Wildman–Crippen LogP) is 3.73. The van der Waals surface area contributed by atoms with Crippen LogP contribution in [0, 0.1) is 5.92 Å². The summed E-state index contributed by atoms with van der Waals surface area (Å²) in [6, 6.07) is 4.39. The number of phenols is 1. The lowest BCUT2D eigenvalue weighted by atomic mass is 9.89. The monoisotopic (exact) mass is 345 g/mol. The molecule has 104 valence electrons. The molecule has 1 aliphatic rings. The number of alkyl halides is 1. The molecule has 1 fully saturated rings. The van der Waals surface area contributed by atoms with Crippen molar-refractivity contribution < 1.29 is 9.90 Å². The quantitative estimate of drug-likeness (QED) is 0.819. The number of aromatic hydroxyl groups is 1. The van der Waals surface area contributed by atoms with Crippen LogP contribution in [0.1, 0.15) is 36.0 Å². The van der Waals surface area contributed by atoms with Crippen LogP contribution in [0.25, 0.3) is 0 Å². The van der Waals surface area contributed by atoms with Crippen molar-refractivity contribution in [2.45, 2.75) is 30.5 Å². The predicted molar refractivity (Wildman–Crippen MR) is 80.1 cm³/mol. The van der Waals surface area contributed by atoms with Crippen LogP contribution in [0.5, 0.6) is 5.75 Å². The van der Waals surface area contributed by atoms with Gasteiger partial charge in [-0.05, 0) is 37.0 Å². The third kappa shape index (κ3) is 3.86. The minimum Gasteiger partial charge on any atom is -0.508 e. The molecule has 0 spiro atoms. The average Bonchev–Trinajstić information content (AvgIpc) is 2.40. The van der Waals surface area contributed by atoms with E-state index >= 15 is 0 Å². The highest BCUT2D eigenvalue weighted by atomic mass is 79.9. The van der Waals surface area contributed by atoms with E-state index in [-0.39, 0.29) is 11.7 Å². The van der Waals surface area contributed by atoms with E-state index in [9.17, 15) is 9.90 Å². The molecule has 0 aliphatic heterocycles. The summed E-state index contributed by atoms with van der Waals surface area (Å²) < 4.78 is 0. The van der Waals surface area contributed by atoms with Crippen molar-refractivity contribution >= 4 is 33.4 Å². The third-order valence-corrected chi connectivity index (χ3v) is 5.07. The summed E-state index contributed by atoms with van der Waals surface area (Å²) in [5, 5.41) is 12.7. The number of halogens is 2. The lowest BCUT2D eigenvalue weighted by molar-refractivity contribution is 0.0944. The molecule has 2 rings (SSSR count). The maximum absolute atomic E-state index is 12.0. The standard InChI is InChI=1S/C14H17BrClNO2/c15-12-4-2-1-3-9(12)8-17-14(19)11-7-10(18)5-6-13(11)16/h5-7,9,12,18H,1-4,8H2,(H,17,19). The summed E-state index contributed by atoms with van der Waals surface area (Å²) in [4.78, 5) is 12.5. The van der Waals surface area contributed by atoms with Crippen LogP contribution >= 0.6 is 27.5 Å². The maximum Gasteiger partial charge on any atom is 0.252 e. The first-order valence-electron chi connectivity index (χ1n) is 6.48. The van der Waals surface area contributed by atoms with Crippen LogP contribution in [0.15, 0.2) is 18.2 Å². The fourth-order valence-electron chi connectivity index (χ4n) is 2.40. The summed E-state index contributed by atoms with van der Waals surface area (Å²) in [5.41, 5.74) is 0.323. The van der Waals surface area contributed by atoms with E-state index in [1.165, 1.54) is 31.0 Å². The molecule has 3 nitrogen and oxygen atoms in total. The Labute approximate surface area is 126 Å². The SMILES string of the molecule is O=C(NCC1CCCCC1Br)c1cc(O)ccc1Cl. The molecule has 1 saturated carbocycles. The van der Waals surface area contributed by atoms with Gasteiger partial charge in [0.2, 0.25) is 0 Å². The molecule has 2 unspecified atom stereocenters. The highest BCUT2D eigenvalue weighted by Crippen LogP contribution is 2.29. The van der Waals surface area contributed by atoms with E-state index < -0.39 is 0 Å². The Balaban J connectivity index is 1.95. The molecule has 0 heterocycles.